The summed E-state index contributed by atoms with van der Waals surface area (Å²) in [6.45, 7) is 6.55. The van der Waals surface area contributed by atoms with Crippen molar-refractivity contribution in [1.82, 2.24) is 14.6 Å². The van der Waals surface area contributed by atoms with Gasteiger partial charge in [0.15, 0.2) is 17.0 Å². The number of carbonyl (C=O) groups is 1. The highest BCUT2D eigenvalue weighted by Crippen LogP contribution is 2.44. The van der Waals surface area contributed by atoms with Gasteiger partial charge >= 0.3 is 6.18 Å². The summed E-state index contributed by atoms with van der Waals surface area (Å²) in [6, 6.07) is 6.42. The average molecular weight is 564 g/mol. The molecule has 4 aromatic rings. The van der Waals surface area contributed by atoms with Crippen molar-refractivity contribution in [2.24, 2.45) is 11.3 Å². The van der Waals surface area contributed by atoms with E-state index in [0.717, 1.165) is 35.8 Å². The van der Waals surface area contributed by atoms with E-state index in [0.29, 0.717) is 25.9 Å². The molecule has 1 N–H and O–H groups in total. The Morgan fingerprint density at radius 3 is 2.70 bits per heavy atom. The monoisotopic (exact) mass is 563 g/mol. The van der Waals surface area contributed by atoms with Gasteiger partial charge in [-0.3, -0.25) is 4.79 Å². The number of aromatic nitrogens is 3. The standard InChI is InChI=1S/C25H21ClF3N5OS2/c1-24(2,3)12-6-7-13-14(11-30)23(37-17(13)9-12)32-22(35)20-19(26)21-31-15(16-5-4-8-36-16)10-18(25(27,28)29)34(21)33-20/h4-5,8,10,12H,6-7,9H2,1-3H3,(H,32,35). The molecule has 0 saturated carbocycles. The van der Waals surface area contributed by atoms with Gasteiger partial charge in [-0.25, -0.2) is 9.50 Å². The number of alkyl halides is 3. The van der Waals surface area contributed by atoms with Gasteiger partial charge in [-0.2, -0.15) is 23.5 Å². The molecule has 5 rings (SSSR count). The zero-order valence-electron chi connectivity index (χ0n) is 20.0. The van der Waals surface area contributed by atoms with E-state index in [1.165, 1.54) is 22.7 Å². The number of hydrogen-bond acceptors (Lipinski definition) is 6. The second kappa shape index (κ2) is 9.11. The SMILES string of the molecule is CC(C)(C)C1CCc2c(sc(NC(=O)c3nn4c(C(F)(F)F)cc(-c5cccs5)nc4c3Cl)c2C#N)C1. The van der Waals surface area contributed by atoms with Crippen LogP contribution in [0.4, 0.5) is 18.2 Å². The molecule has 0 fully saturated rings. The van der Waals surface area contributed by atoms with E-state index >= 15 is 0 Å². The van der Waals surface area contributed by atoms with Gasteiger partial charge in [0.2, 0.25) is 0 Å². The summed E-state index contributed by atoms with van der Waals surface area (Å²) in [7, 11) is 0. The van der Waals surface area contributed by atoms with Crippen LogP contribution in [0.5, 0.6) is 0 Å². The van der Waals surface area contributed by atoms with E-state index in [2.05, 4.69) is 42.2 Å². The fourth-order valence-electron chi connectivity index (χ4n) is 4.58. The Kier molecular flexibility index (Phi) is 6.33. The van der Waals surface area contributed by atoms with E-state index < -0.39 is 23.5 Å². The highest BCUT2D eigenvalue weighted by molar-refractivity contribution is 7.16. The second-order valence-corrected chi connectivity index (χ2v) is 12.4. The highest BCUT2D eigenvalue weighted by Gasteiger charge is 2.37. The molecule has 0 aromatic carbocycles. The van der Waals surface area contributed by atoms with Crippen molar-refractivity contribution in [3.8, 4) is 16.6 Å². The number of nitriles is 1. The molecule has 6 nitrogen and oxygen atoms in total. The third-order valence-electron chi connectivity index (χ3n) is 6.64. The molecule has 0 bridgehead atoms. The Morgan fingerprint density at radius 2 is 2.08 bits per heavy atom. The minimum Gasteiger partial charge on any atom is -0.311 e. The summed E-state index contributed by atoms with van der Waals surface area (Å²) in [4.78, 5) is 19.0. The molecule has 4 aromatic heterocycles. The Morgan fingerprint density at radius 1 is 1.32 bits per heavy atom. The molecule has 1 aliphatic carbocycles. The van der Waals surface area contributed by atoms with Crippen LogP contribution in [0.1, 0.15) is 59.4 Å². The third kappa shape index (κ3) is 4.62. The lowest BCUT2D eigenvalue weighted by Gasteiger charge is -2.33. The highest BCUT2D eigenvalue weighted by atomic mass is 35.5. The van der Waals surface area contributed by atoms with Crippen LogP contribution in [0.25, 0.3) is 16.2 Å². The first-order valence-corrected chi connectivity index (χ1v) is 13.5. The number of nitrogens with zero attached hydrogens (tertiary/aromatic N) is 4. The lowest BCUT2D eigenvalue weighted by Crippen LogP contribution is -2.26. The maximum Gasteiger partial charge on any atom is 0.433 e. The summed E-state index contributed by atoms with van der Waals surface area (Å²) < 4.78 is 42.3. The Balaban J connectivity index is 1.54. The fraction of sp³-hybridized carbons (Fsp3) is 0.360. The maximum atomic E-state index is 13.9. The number of nitrogens with one attached hydrogen (secondary N) is 1. The van der Waals surface area contributed by atoms with Crippen LogP contribution in [-0.2, 0) is 19.0 Å². The van der Waals surface area contributed by atoms with Gasteiger partial charge in [-0.05, 0) is 53.7 Å². The number of anilines is 1. The van der Waals surface area contributed by atoms with E-state index in [1.807, 2.05) is 0 Å². The van der Waals surface area contributed by atoms with Gasteiger partial charge < -0.3 is 5.32 Å². The summed E-state index contributed by atoms with van der Waals surface area (Å²) in [5, 5.41) is 18.2. The van der Waals surface area contributed by atoms with Crippen molar-refractivity contribution in [3.63, 3.8) is 0 Å². The third-order valence-corrected chi connectivity index (χ3v) is 9.05. The smallest absolute Gasteiger partial charge is 0.311 e. The van der Waals surface area contributed by atoms with Gasteiger partial charge in [0.25, 0.3) is 5.91 Å². The number of fused-ring (bicyclic) bond motifs is 2. The molecule has 192 valence electrons. The Labute approximate surface area is 223 Å². The largest absolute Gasteiger partial charge is 0.433 e. The first-order chi connectivity index (χ1) is 17.4. The van der Waals surface area contributed by atoms with Gasteiger partial charge in [0, 0.05) is 4.88 Å². The molecule has 0 radical (unpaired) electrons. The van der Waals surface area contributed by atoms with Crippen molar-refractivity contribution >= 4 is 50.8 Å². The van der Waals surface area contributed by atoms with Crippen LogP contribution in [0.15, 0.2) is 23.6 Å². The molecular weight excluding hydrogens is 543 g/mol. The lowest BCUT2D eigenvalue weighted by molar-refractivity contribution is -0.142. The molecule has 0 saturated heterocycles. The van der Waals surface area contributed by atoms with Crippen LogP contribution >= 0.6 is 34.3 Å². The van der Waals surface area contributed by atoms with Crippen LogP contribution in [0.2, 0.25) is 5.02 Å². The summed E-state index contributed by atoms with van der Waals surface area (Å²) >= 11 is 8.94. The number of rotatable bonds is 3. The van der Waals surface area contributed by atoms with Crippen molar-refractivity contribution in [2.75, 3.05) is 5.32 Å². The van der Waals surface area contributed by atoms with E-state index in [-0.39, 0.29) is 21.8 Å². The normalized spacial score (nSPS) is 16.0. The summed E-state index contributed by atoms with van der Waals surface area (Å²) in [6.07, 6.45) is -2.30. The molecule has 4 heterocycles. The first kappa shape index (κ1) is 25.7. The molecule has 1 atom stereocenters. The molecule has 0 aliphatic heterocycles. The maximum absolute atomic E-state index is 13.9. The zero-order chi connectivity index (χ0) is 26.7. The zero-order valence-corrected chi connectivity index (χ0v) is 22.4. The molecule has 12 heteroatoms. The average Bonchev–Trinajstić information content (AvgIpc) is 3.54. The number of hydrogen-bond donors (Lipinski definition) is 1. The predicted octanol–water partition coefficient (Wildman–Crippen LogP) is 7.47. The molecule has 37 heavy (non-hydrogen) atoms. The molecule has 0 spiro atoms. The van der Waals surface area contributed by atoms with Crippen molar-refractivity contribution in [3.05, 3.63) is 56.0 Å². The van der Waals surface area contributed by atoms with Crippen LogP contribution in [-0.4, -0.2) is 20.5 Å². The number of halogens is 4. The van der Waals surface area contributed by atoms with Gasteiger partial charge in [0.1, 0.15) is 16.1 Å². The van der Waals surface area contributed by atoms with Crippen molar-refractivity contribution in [1.29, 1.82) is 5.26 Å². The second-order valence-electron chi connectivity index (χ2n) is 9.98. The number of thiophene rings is 2. The lowest BCUT2D eigenvalue weighted by atomic mass is 9.72. The van der Waals surface area contributed by atoms with Crippen LogP contribution in [0.3, 0.4) is 0 Å². The summed E-state index contributed by atoms with van der Waals surface area (Å²) in [5.41, 5.74) is -0.280. The Bertz CT molecular complexity index is 1560. The minimum absolute atomic E-state index is 0.0784. The van der Waals surface area contributed by atoms with E-state index in [1.54, 1.807) is 17.5 Å². The number of carbonyl (C=O) groups excluding carboxylic acids is 1. The van der Waals surface area contributed by atoms with E-state index in [4.69, 9.17) is 11.6 Å². The van der Waals surface area contributed by atoms with Gasteiger partial charge in [0.05, 0.1) is 16.1 Å². The predicted molar refractivity (Wildman–Crippen MR) is 138 cm³/mol. The van der Waals surface area contributed by atoms with Gasteiger partial charge in [-0.15, -0.1) is 22.7 Å². The quantitative estimate of drug-likeness (QED) is 0.280. The molecule has 1 unspecified atom stereocenters. The van der Waals surface area contributed by atoms with Crippen LogP contribution < -0.4 is 5.32 Å². The number of amides is 1. The molecule has 1 aliphatic rings. The Hall–Kier alpha value is -2.94. The van der Waals surface area contributed by atoms with Gasteiger partial charge in [-0.1, -0.05) is 38.4 Å². The first-order valence-electron chi connectivity index (χ1n) is 11.4. The van der Waals surface area contributed by atoms with Crippen molar-refractivity contribution < 1.29 is 18.0 Å². The van der Waals surface area contributed by atoms with Crippen LogP contribution in [0, 0.1) is 22.7 Å². The minimum atomic E-state index is -4.76. The molecule has 1 amide bonds. The van der Waals surface area contributed by atoms with E-state index in [9.17, 15) is 23.2 Å². The molecular formula is C25H21ClF3N5OS2. The van der Waals surface area contributed by atoms with Crippen molar-refractivity contribution in [2.45, 2.75) is 46.2 Å². The summed E-state index contributed by atoms with van der Waals surface area (Å²) in [5.74, 6) is -0.366. The fourth-order valence-corrected chi connectivity index (χ4v) is 6.79. The topological polar surface area (TPSA) is 83.1 Å².